The average Bonchev–Trinajstić information content (AvgIpc) is 2.65. The van der Waals surface area contributed by atoms with Crippen LogP contribution in [0.5, 0.6) is 0 Å². The van der Waals surface area contributed by atoms with Gasteiger partial charge in [0, 0.05) is 38.1 Å². The van der Waals surface area contributed by atoms with Crippen molar-refractivity contribution in [2.24, 2.45) is 0 Å². The Bertz CT molecular complexity index is 401. The van der Waals surface area contributed by atoms with Gasteiger partial charge in [-0.3, -0.25) is 9.59 Å². The zero-order valence-electron chi connectivity index (χ0n) is 18.6. The molecule has 160 valence electrons. The van der Waals surface area contributed by atoms with Crippen LogP contribution in [-0.4, -0.2) is 48.6 Å². The number of rotatable bonds is 17. The molecule has 1 N–H and O–H groups in total. The average molecular weight is 385 g/mol. The van der Waals surface area contributed by atoms with E-state index in [1.807, 2.05) is 6.92 Å². The Labute approximate surface area is 167 Å². The van der Waals surface area contributed by atoms with E-state index in [0.717, 1.165) is 32.2 Å². The molecule has 1 atom stereocenters. The molecule has 0 bridgehead atoms. The van der Waals surface area contributed by atoms with Crippen molar-refractivity contribution in [3.05, 3.63) is 0 Å². The smallest absolute Gasteiger partial charge is 0.224 e. The van der Waals surface area contributed by atoms with Crippen LogP contribution in [0.2, 0.25) is 0 Å². The van der Waals surface area contributed by atoms with Crippen LogP contribution in [0.25, 0.3) is 0 Å². The summed E-state index contributed by atoms with van der Waals surface area (Å²) in [5.74, 6) is 0.113. The second kappa shape index (κ2) is 15.9. The first kappa shape index (κ1) is 25.9. The minimum absolute atomic E-state index is 0.0471. The SMILES string of the molecule is CCCCCCC(C)(CC)N(CCCC)C(=O)CCNC(=O)CCOCC. The third kappa shape index (κ3) is 11.4. The first-order valence-electron chi connectivity index (χ1n) is 11.1. The lowest BCUT2D eigenvalue weighted by Gasteiger charge is -2.41. The lowest BCUT2D eigenvalue weighted by atomic mass is 9.88. The quantitative estimate of drug-likeness (QED) is 0.370. The highest BCUT2D eigenvalue weighted by Crippen LogP contribution is 2.27. The van der Waals surface area contributed by atoms with Crippen LogP contribution in [0.15, 0.2) is 0 Å². The molecule has 0 rings (SSSR count). The van der Waals surface area contributed by atoms with Gasteiger partial charge in [-0.15, -0.1) is 0 Å². The van der Waals surface area contributed by atoms with E-state index in [0.29, 0.717) is 32.6 Å². The third-order valence-electron chi connectivity index (χ3n) is 5.36. The van der Waals surface area contributed by atoms with E-state index in [9.17, 15) is 9.59 Å². The predicted octanol–water partition coefficient (Wildman–Crippen LogP) is 4.69. The number of carbonyl (C=O) groups is 2. The molecule has 27 heavy (non-hydrogen) atoms. The minimum Gasteiger partial charge on any atom is -0.381 e. The van der Waals surface area contributed by atoms with Gasteiger partial charge in [-0.1, -0.05) is 52.9 Å². The van der Waals surface area contributed by atoms with Crippen molar-refractivity contribution in [3.8, 4) is 0 Å². The number of ether oxygens (including phenoxy) is 1. The van der Waals surface area contributed by atoms with Gasteiger partial charge in [-0.25, -0.2) is 0 Å². The monoisotopic (exact) mass is 384 g/mol. The van der Waals surface area contributed by atoms with Crippen LogP contribution in [0.4, 0.5) is 0 Å². The van der Waals surface area contributed by atoms with Crippen molar-refractivity contribution < 1.29 is 14.3 Å². The van der Waals surface area contributed by atoms with Crippen molar-refractivity contribution in [2.75, 3.05) is 26.3 Å². The van der Waals surface area contributed by atoms with Crippen LogP contribution in [0.3, 0.4) is 0 Å². The summed E-state index contributed by atoms with van der Waals surface area (Å²) in [7, 11) is 0. The van der Waals surface area contributed by atoms with Gasteiger partial charge in [-0.05, 0) is 33.1 Å². The van der Waals surface area contributed by atoms with Gasteiger partial charge in [0.25, 0.3) is 0 Å². The molecule has 0 aliphatic rings. The number of hydrogen-bond acceptors (Lipinski definition) is 3. The molecule has 0 aromatic rings. The second-order valence-corrected chi connectivity index (χ2v) is 7.61. The Balaban J connectivity index is 4.64. The Morgan fingerprint density at radius 1 is 0.963 bits per heavy atom. The minimum atomic E-state index is -0.0844. The molecule has 5 heteroatoms. The summed E-state index contributed by atoms with van der Waals surface area (Å²) in [5.41, 5.74) is -0.0844. The highest BCUT2D eigenvalue weighted by molar-refractivity contribution is 5.79. The number of nitrogens with one attached hydrogen (secondary N) is 1. The zero-order valence-corrected chi connectivity index (χ0v) is 18.6. The van der Waals surface area contributed by atoms with Crippen LogP contribution in [-0.2, 0) is 14.3 Å². The van der Waals surface area contributed by atoms with Gasteiger partial charge in [-0.2, -0.15) is 0 Å². The lowest BCUT2D eigenvalue weighted by molar-refractivity contribution is -0.137. The van der Waals surface area contributed by atoms with E-state index >= 15 is 0 Å². The van der Waals surface area contributed by atoms with E-state index in [-0.39, 0.29) is 17.4 Å². The van der Waals surface area contributed by atoms with E-state index in [4.69, 9.17) is 4.74 Å². The molecule has 0 heterocycles. The van der Waals surface area contributed by atoms with Crippen LogP contribution in [0.1, 0.15) is 98.8 Å². The van der Waals surface area contributed by atoms with Crippen molar-refractivity contribution in [2.45, 2.75) is 104 Å². The van der Waals surface area contributed by atoms with Crippen LogP contribution in [0, 0.1) is 0 Å². The summed E-state index contributed by atoms with van der Waals surface area (Å²) < 4.78 is 5.19. The summed E-state index contributed by atoms with van der Waals surface area (Å²) >= 11 is 0. The van der Waals surface area contributed by atoms with Crippen LogP contribution >= 0.6 is 0 Å². The standard InChI is InChI=1S/C22H44N2O3/c1-6-10-12-13-16-22(5,8-3)24(18-11-7-2)21(26)14-17-23-20(25)15-19-27-9-4/h6-19H2,1-5H3,(H,23,25). The van der Waals surface area contributed by atoms with Crippen molar-refractivity contribution in [1.29, 1.82) is 0 Å². The van der Waals surface area contributed by atoms with Crippen molar-refractivity contribution >= 4 is 11.8 Å². The summed E-state index contributed by atoms with van der Waals surface area (Å²) in [4.78, 5) is 26.8. The van der Waals surface area contributed by atoms with Gasteiger partial charge >= 0.3 is 0 Å². The molecule has 0 radical (unpaired) electrons. The molecule has 0 fully saturated rings. The van der Waals surface area contributed by atoms with E-state index in [2.05, 4.69) is 37.9 Å². The lowest BCUT2D eigenvalue weighted by Crippen LogP contribution is -2.50. The Hall–Kier alpha value is -1.10. The highest BCUT2D eigenvalue weighted by Gasteiger charge is 2.32. The molecule has 5 nitrogen and oxygen atoms in total. The molecule has 0 aliphatic carbocycles. The molecule has 0 aromatic carbocycles. The van der Waals surface area contributed by atoms with E-state index in [1.54, 1.807) is 0 Å². The fraction of sp³-hybridized carbons (Fsp3) is 0.909. The molecule has 1 unspecified atom stereocenters. The van der Waals surface area contributed by atoms with Gasteiger partial charge < -0.3 is 15.0 Å². The first-order chi connectivity index (χ1) is 12.9. The molecule has 0 aliphatic heterocycles. The number of nitrogens with zero attached hydrogens (tertiary/aromatic N) is 1. The maximum Gasteiger partial charge on any atom is 0.224 e. The molecule has 0 saturated carbocycles. The van der Waals surface area contributed by atoms with E-state index in [1.165, 1.54) is 25.7 Å². The third-order valence-corrected chi connectivity index (χ3v) is 5.36. The predicted molar refractivity (Wildman–Crippen MR) is 113 cm³/mol. The summed E-state index contributed by atoms with van der Waals surface area (Å²) in [5, 5.41) is 2.85. The number of unbranched alkanes of at least 4 members (excludes halogenated alkanes) is 4. The number of amides is 2. The number of carbonyl (C=O) groups excluding carboxylic acids is 2. The summed E-state index contributed by atoms with van der Waals surface area (Å²) in [6.07, 6.45) is 9.74. The first-order valence-corrected chi connectivity index (χ1v) is 11.1. The molecular formula is C22H44N2O3. The highest BCUT2D eigenvalue weighted by atomic mass is 16.5. The van der Waals surface area contributed by atoms with Gasteiger partial charge in [0.05, 0.1) is 6.61 Å². The number of hydrogen-bond donors (Lipinski definition) is 1. The zero-order chi connectivity index (χ0) is 20.5. The summed E-state index contributed by atoms with van der Waals surface area (Å²) in [6, 6.07) is 0. The fourth-order valence-electron chi connectivity index (χ4n) is 3.29. The van der Waals surface area contributed by atoms with Crippen molar-refractivity contribution in [3.63, 3.8) is 0 Å². The molecule has 0 aromatic heterocycles. The Kier molecular flexibility index (Phi) is 15.3. The Morgan fingerprint density at radius 3 is 2.26 bits per heavy atom. The molecule has 2 amide bonds. The molecule has 0 spiro atoms. The Morgan fingerprint density at radius 2 is 1.67 bits per heavy atom. The normalized spacial score (nSPS) is 13.2. The van der Waals surface area contributed by atoms with E-state index < -0.39 is 0 Å². The van der Waals surface area contributed by atoms with Crippen LogP contribution < -0.4 is 5.32 Å². The molecular weight excluding hydrogens is 340 g/mol. The molecule has 0 saturated heterocycles. The van der Waals surface area contributed by atoms with Crippen molar-refractivity contribution in [1.82, 2.24) is 10.2 Å². The largest absolute Gasteiger partial charge is 0.381 e. The van der Waals surface area contributed by atoms with Gasteiger partial charge in [0.1, 0.15) is 0 Å². The van der Waals surface area contributed by atoms with Gasteiger partial charge in [0.15, 0.2) is 0 Å². The maximum absolute atomic E-state index is 12.9. The topological polar surface area (TPSA) is 58.6 Å². The fourth-order valence-corrected chi connectivity index (χ4v) is 3.29. The van der Waals surface area contributed by atoms with Gasteiger partial charge in [0.2, 0.25) is 11.8 Å². The second-order valence-electron chi connectivity index (χ2n) is 7.61. The summed E-state index contributed by atoms with van der Waals surface area (Å²) in [6.45, 7) is 13.0. The maximum atomic E-state index is 12.9.